The average molecular weight is 334 g/mol. The maximum atomic E-state index is 13.0. The summed E-state index contributed by atoms with van der Waals surface area (Å²) < 4.78 is 49.5. The van der Waals surface area contributed by atoms with Crippen LogP contribution in [0.15, 0.2) is 18.2 Å². The minimum atomic E-state index is -4.64. The summed E-state index contributed by atoms with van der Waals surface area (Å²) in [6, 6.07) is 3.03. The first-order valence-corrected chi connectivity index (χ1v) is 7.33. The van der Waals surface area contributed by atoms with E-state index < -0.39 is 17.6 Å². The van der Waals surface area contributed by atoms with Gasteiger partial charge in [0.05, 0.1) is 12.2 Å². The number of alkyl halides is 3. The van der Waals surface area contributed by atoms with Crippen molar-refractivity contribution < 1.29 is 27.4 Å². The average Bonchev–Trinajstić information content (AvgIpc) is 2.52. The first-order valence-electron chi connectivity index (χ1n) is 7.33. The summed E-state index contributed by atoms with van der Waals surface area (Å²) in [5, 5.41) is 0. The third-order valence-corrected chi connectivity index (χ3v) is 3.06. The fourth-order valence-electron chi connectivity index (χ4n) is 1.87. The van der Waals surface area contributed by atoms with E-state index in [9.17, 15) is 18.0 Å². The summed E-state index contributed by atoms with van der Waals surface area (Å²) >= 11 is 0. The van der Waals surface area contributed by atoms with Crippen molar-refractivity contribution in [1.82, 2.24) is 5.43 Å². The molecule has 0 unspecified atom stereocenters. The Kier molecular flexibility index (Phi) is 7.84. The number of nitrogens with two attached hydrogens (primary N) is 1. The van der Waals surface area contributed by atoms with Crippen LogP contribution in [0.1, 0.15) is 42.1 Å². The zero-order valence-electron chi connectivity index (χ0n) is 12.9. The van der Waals surface area contributed by atoms with Gasteiger partial charge in [0.15, 0.2) is 0 Å². The van der Waals surface area contributed by atoms with Gasteiger partial charge < -0.3 is 9.47 Å². The van der Waals surface area contributed by atoms with Crippen molar-refractivity contribution in [2.45, 2.75) is 32.4 Å². The summed E-state index contributed by atoms with van der Waals surface area (Å²) in [7, 11) is 0. The topological polar surface area (TPSA) is 73.6 Å². The van der Waals surface area contributed by atoms with E-state index in [4.69, 9.17) is 15.3 Å². The second-order valence-corrected chi connectivity index (χ2v) is 4.85. The van der Waals surface area contributed by atoms with Gasteiger partial charge in [0, 0.05) is 12.2 Å². The largest absolute Gasteiger partial charge is 0.491 e. The molecule has 0 radical (unpaired) electrons. The van der Waals surface area contributed by atoms with Crippen LogP contribution in [0.25, 0.3) is 0 Å². The zero-order valence-corrected chi connectivity index (χ0v) is 12.9. The molecule has 3 N–H and O–H groups in total. The van der Waals surface area contributed by atoms with Crippen molar-refractivity contribution in [2.24, 2.45) is 5.84 Å². The molecule has 8 heteroatoms. The molecule has 1 aromatic rings. The molecule has 0 aliphatic carbocycles. The molecule has 23 heavy (non-hydrogen) atoms. The molecule has 5 nitrogen and oxygen atoms in total. The van der Waals surface area contributed by atoms with E-state index >= 15 is 0 Å². The number of hydrogen-bond donors (Lipinski definition) is 2. The number of hydrazine groups is 1. The van der Waals surface area contributed by atoms with Crippen LogP contribution in [0.2, 0.25) is 0 Å². The van der Waals surface area contributed by atoms with Crippen molar-refractivity contribution in [2.75, 3.05) is 19.8 Å². The maximum absolute atomic E-state index is 13.0. The Labute approximate surface area is 132 Å². The van der Waals surface area contributed by atoms with E-state index in [1.165, 1.54) is 6.07 Å². The highest BCUT2D eigenvalue weighted by Gasteiger charge is 2.35. The minimum absolute atomic E-state index is 0.00234. The Balaban J connectivity index is 2.65. The van der Waals surface area contributed by atoms with Crippen LogP contribution < -0.4 is 16.0 Å². The van der Waals surface area contributed by atoms with Gasteiger partial charge in [-0.1, -0.05) is 19.8 Å². The molecule has 0 spiro atoms. The fraction of sp³-hybridized carbons (Fsp3) is 0.533. The fourth-order valence-corrected chi connectivity index (χ4v) is 1.87. The zero-order chi connectivity index (χ0) is 17.3. The van der Waals surface area contributed by atoms with Crippen molar-refractivity contribution in [1.29, 1.82) is 0 Å². The number of carbonyl (C=O) groups is 1. The maximum Gasteiger partial charge on any atom is 0.419 e. The molecule has 0 atom stereocenters. The van der Waals surface area contributed by atoms with Gasteiger partial charge in [0.1, 0.15) is 12.4 Å². The van der Waals surface area contributed by atoms with Crippen LogP contribution in [0.4, 0.5) is 13.2 Å². The number of ether oxygens (including phenoxy) is 2. The molecule has 1 amide bonds. The number of carbonyl (C=O) groups excluding carboxylic acids is 1. The van der Waals surface area contributed by atoms with E-state index in [2.05, 4.69) is 6.92 Å². The van der Waals surface area contributed by atoms with Crippen molar-refractivity contribution in [3.05, 3.63) is 29.3 Å². The number of benzene rings is 1. The van der Waals surface area contributed by atoms with E-state index in [1.54, 1.807) is 5.43 Å². The van der Waals surface area contributed by atoms with E-state index in [1.807, 2.05) is 0 Å². The number of nitrogens with one attached hydrogen (secondary N) is 1. The number of unbranched alkanes of at least 4 members (excludes halogenated alkanes) is 2. The number of amides is 1. The first-order chi connectivity index (χ1) is 10.9. The molecule has 0 aromatic heterocycles. The third-order valence-electron chi connectivity index (χ3n) is 3.06. The quantitative estimate of drug-likeness (QED) is 0.315. The van der Waals surface area contributed by atoms with Crippen molar-refractivity contribution >= 4 is 5.91 Å². The summed E-state index contributed by atoms with van der Waals surface area (Å²) in [5.74, 6) is 3.77. The van der Waals surface area contributed by atoms with Crippen LogP contribution >= 0.6 is 0 Å². The van der Waals surface area contributed by atoms with Gasteiger partial charge in [0.25, 0.3) is 5.91 Å². The lowest BCUT2D eigenvalue weighted by Crippen LogP contribution is -2.30. The lowest BCUT2D eigenvalue weighted by Gasteiger charge is -2.15. The van der Waals surface area contributed by atoms with Crippen molar-refractivity contribution in [3.8, 4) is 5.75 Å². The van der Waals surface area contributed by atoms with Gasteiger partial charge in [-0.15, -0.1) is 0 Å². The Hall–Kier alpha value is -1.80. The monoisotopic (exact) mass is 334 g/mol. The van der Waals surface area contributed by atoms with Gasteiger partial charge in [0.2, 0.25) is 0 Å². The Morgan fingerprint density at radius 3 is 2.57 bits per heavy atom. The number of nitrogen functional groups attached to an aromatic ring is 1. The third kappa shape index (κ3) is 6.45. The van der Waals surface area contributed by atoms with E-state index in [0.717, 1.165) is 25.3 Å². The standard InChI is InChI=1S/C15H21F3N2O3/c1-2-3-4-7-22-8-9-23-13-6-5-11(14(21)20-19)10-12(13)15(16,17)18/h5-6,10H,2-4,7-9,19H2,1H3,(H,20,21). The normalized spacial score (nSPS) is 11.3. The number of hydrogen-bond acceptors (Lipinski definition) is 4. The van der Waals surface area contributed by atoms with Crippen LogP contribution in [-0.2, 0) is 10.9 Å². The highest BCUT2D eigenvalue weighted by atomic mass is 19.4. The van der Waals surface area contributed by atoms with Crippen molar-refractivity contribution in [3.63, 3.8) is 0 Å². The lowest BCUT2D eigenvalue weighted by molar-refractivity contribution is -0.139. The van der Waals surface area contributed by atoms with Gasteiger partial charge >= 0.3 is 6.18 Å². The lowest BCUT2D eigenvalue weighted by atomic mass is 10.1. The van der Waals surface area contributed by atoms with Gasteiger partial charge in [-0.05, 0) is 24.6 Å². The SMILES string of the molecule is CCCCCOCCOc1ccc(C(=O)NN)cc1C(F)(F)F. The van der Waals surface area contributed by atoms with Crippen LogP contribution in [-0.4, -0.2) is 25.7 Å². The van der Waals surface area contributed by atoms with Crippen LogP contribution in [0.3, 0.4) is 0 Å². The highest BCUT2D eigenvalue weighted by Crippen LogP contribution is 2.36. The Morgan fingerprint density at radius 2 is 1.96 bits per heavy atom. The van der Waals surface area contributed by atoms with Gasteiger partial charge in [-0.2, -0.15) is 13.2 Å². The molecule has 0 saturated carbocycles. The summed E-state index contributed by atoms with van der Waals surface area (Å²) in [4.78, 5) is 11.3. The van der Waals surface area contributed by atoms with Crippen LogP contribution in [0.5, 0.6) is 5.75 Å². The first kappa shape index (κ1) is 19.2. The number of rotatable bonds is 9. The molecule has 0 bridgehead atoms. The molecule has 0 aliphatic heterocycles. The molecule has 0 aliphatic rings. The summed E-state index contributed by atoms with van der Waals surface area (Å²) in [6.45, 7) is 2.82. The molecule has 130 valence electrons. The molecule has 0 heterocycles. The van der Waals surface area contributed by atoms with Gasteiger partial charge in [-0.25, -0.2) is 5.84 Å². The minimum Gasteiger partial charge on any atom is -0.491 e. The molecule has 0 fully saturated rings. The summed E-state index contributed by atoms with van der Waals surface area (Å²) in [5.41, 5.74) is 0.574. The molecule has 1 aromatic carbocycles. The van der Waals surface area contributed by atoms with E-state index in [0.29, 0.717) is 12.7 Å². The van der Waals surface area contributed by atoms with Crippen LogP contribution in [0, 0.1) is 0 Å². The second kappa shape index (κ2) is 9.36. The molecule has 0 saturated heterocycles. The van der Waals surface area contributed by atoms with Gasteiger partial charge in [-0.3, -0.25) is 10.2 Å². The molecular weight excluding hydrogens is 313 g/mol. The predicted molar refractivity (Wildman–Crippen MR) is 78.9 cm³/mol. The highest BCUT2D eigenvalue weighted by molar-refractivity contribution is 5.94. The smallest absolute Gasteiger partial charge is 0.419 e. The van der Waals surface area contributed by atoms with E-state index in [-0.39, 0.29) is 24.5 Å². The Morgan fingerprint density at radius 1 is 1.22 bits per heavy atom. The Bertz CT molecular complexity index is 507. The molecule has 1 rings (SSSR count). The second-order valence-electron chi connectivity index (χ2n) is 4.85. The molecular formula is C15H21F3N2O3. The predicted octanol–water partition coefficient (Wildman–Crippen LogP) is 2.89. The summed E-state index contributed by atoms with van der Waals surface area (Å²) in [6.07, 6.45) is -1.61. The number of halogens is 3.